The molecule has 1 heterocycles. The highest BCUT2D eigenvalue weighted by molar-refractivity contribution is 5.04. The molecule has 2 N–H and O–H groups in total. The lowest BCUT2D eigenvalue weighted by Gasteiger charge is -2.18. The minimum Gasteiger partial charge on any atom is -0.394 e. The van der Waals surface area contributed by atoms with Crippen molar-refractivity contribution in [2.75, 3.05) is 6.61 Å². The molecule has 0 aliphatic carbocycles. The minimum atomic E-state index is -0.997. The number of terminal acetylenes is 1. The molecule has 1 saturated heterocycles. The van der Waals surface area contributed by atoms with E-state index in [-0.39, 0.29) is 6.61 Å². The Labute approximate surface area is 77.5 Å². The molecule has 0 amide bonds. The Balaban J connectivity index is 2.70. The van der Waals surface area contributed by atoms with Crippen molar-refractivity contribution in [3.05, 3.63) is 0 Å². The molecule has 0 saturated carbocycles. The van der Waals surface area contributed by atoms with Crippen LogP contribution in [-0.2, 0) is 9.47 Å². The molecule has 3 atom stereocenters. The van der Waals surface area contributed by atoms with Crippen LogP contribution >= 0.6 is 0 Å². The minimum absolute atomic E-state index is 0.387. The van der Waals surface area contributed by atoms with E-state index in [0.29, 0.717) is 0 Å². The predicted molar refractivity (Wildman–Crippen MR) is 45.8 cm³/mol. The van der Waals surface area contributed by atoms with Gasteiger partial charge >= 0.3 is 0 Å². The van der Waals surface area contributed by atoms with Gasteiger partial charge in [-0.3, -0.25) is 0 Å². The summed E-state index contributed by atoms with van der Waals surface area (Å²) >= 11 is 0. The van der Waals surface area contributed by atoms with Gasteiger partial charge < -0.3 is 19.7 Å². The van der Waals surface area contributed by atoms with E-state index in [2.05, 4.69) is 5.92 Å². The third-order valence-electron chi connectivity index (χ3n) is 1.86. The number of hydrogen-bond donors (Lipinski definition) is 2. The van der Waals surface area contributed by atoms with E-state index >= 15 is 0 Å². The normalized spacial score (nSPS) is 34.1. The van der Waals surface area contributed by atoms with Crippen molar-refractivity contribution in [1.29, 1.82) is 0 Å². The topological polar surface area (TPSA) is 58.9 Å². The fraction of sp³-hybridized carbons (Fsp3) is 0.778. The van der Waals surface area contributed by atoms with Crippen molar-refractivity contribution in [2.24, 2.45) is 0 Å². The number of ether oxygens (including phenoxy) is 2. The van der Waals surface area contributed by atoms with Gasteiger partial charge in [0.2, 0.25) is 0 Å². The molecule has 0 aromatic carbocycles. The molecule has 0 aromatic rings. The molecule has 1 aliphatic heterocycles. The van der Waals surface area contributed by atoms with Gasteiger partial charge in [0.15, 0.2) is 5.79 Å². The molecule has 4 nitrogen and oxygen atoms in total. The highest BCUT2D eigenvalue weighted by atomic mass is 16.8. The summed E-state index contributed by atoms with van der Waals surface area (Å²) in [5, 5.41) is 18.1. The third kappa shape index (κ3) is 2.20. The summed E-state index contributed by atoms with van der Waals surface area (Å²) in [4.78, 5) is 0. The van der Waals surface area contributed by atoms with Crippen LogP contribution in [0.15, 0.2) is 0 Å². The molecule has 4 heteroatoms. The molecule has 0 unspecified atom stereocenters. The summed E-state index contributed by atoms with van der Waals surface area (Å²) in [6.45, 7) is 3.03. The van der Waals surface area contributed by atoms with Gasteiger partial charge in [-0.05, 0) is 13.8 Å². The van der Waals surface area contributed by atoms with E-state index in [1.54, 1.807) is 13.8 Å². The van der Waals surface area contributed by atoms with Crippen molar-refractivity contribution in [3.63, 3.8) is 0 Å². The van der Waals surface area contributed by atoms with Crippen LogP contribution in [0, 0.1) is 12.3 Å². The van der Waals surface area contributed by atoms with Gasteiger partial charge in [0, 0.05) is 0 Å². The standard InChI is InChI=1S/C9H14O4/c1-4-7-8(6(11)5-10)13-9(2,3)12-7/h1,6-8,10-11H,5H2,2-3H3/t6-,7+,8-/m1/s1. The lowest BCUT2D eigenvalue weighted by Crippen LogP contribution is -2.37. The SMILES string of the molecule is C#C[C@@H]1OC(C)(C)O[C@@H]1[C@H](O)CO. The smallest absolute Gasteiger partial charge is 0.165 e. The molecule has 0 radical (unpaired) electrons. The van der Waals surface area contributed by atoms with E-state index in [1.165, 1.54) is 0 Å². The number of aliphatic hydroxyl groups is 2. The third-order valence-corrected chi connectivity index (χ3v) is 1.86. The first-order valence-electron chi connectivity index (χ1n) is 4.11. The zero-order valence-corrected chi connectivity index (χ0v) is 7.73. The van der Waals surface area contributed by atoms with Crippen molar-refractivity contribution in [1.82, 2.24) is 0 Å². The number of rotatable bonds is 2. The Morgan fingerprint density at radius 2 is 2.15 bits per heavy atom. The number of hydrogen-bond acceptors (Lipinski definition) is 4. The molecule has 1 rings (SSSR count). The Kier molecular flexibility index (Phi) is 2.94. The summed E-state index contributed by atoms with van der Waals surface area (Å²) in [5.74, 6) is 1.57. The molecule has 0 spiro atoms. The average Bonchev–Trinajstić information content (AvgIpc) is 2.39. The van der Waals surface area contributed by atoms with Crippen LogP contribution in [-0.4, -0.2) is 40.9 Å². The van der Waals surface area contributed by atoms with Gasteiger partial charge in [0.1, 0.15) is 18.3 Å². The van der Waals surface area contributed by atoms with Crippen LogP contribution in [0.1, 0.15) is 13.8 Å². The van der Waals surface area contributed by atoms with Gasteiger partial charge in [-0.25, -0.2) is 0 Å². The maximum absolute atomic E-state index is 9.34. The van der Waals surface area contributed by atoms with E-state index in [0.717, 1.165) is 0 Å². The van der Waals surface area contributed by atoms with Crippen molar-refractivity contribution in [2.45, 2.75) is 37.9 Å². The van der Waals surface area contributed by atoms with E-state index < -0.39 is 24.1 Å². The van der Waals surface area contributed by atoms with Gasteiger partial charge in [0.25, 0.3) is 0 Å². The van der Waals surface area contributed by atoms with Crippen molar-refractivity contribution < 1.29 is 19.7 Å². The Bertz CT molecular complexity index is 218. The Morgan fingerprint density at radius 3 is 2.62 bits per heavy atom. The van der Waals surface area contributed by atoms with E-state index in [9.17, 15) is 5.11 Å². The second-order valence-corrected chi connectivity index (χ2v) is 3.44. The molecule has 0 aromatic heterocycles. The first-order chi connectivity index (χ1) is 6.00. The Hall–Kier alpha value is -0.600. The summed E-state index contributed by atoms with van der Waals surface area (Å²) in [7, 11) is 0. The molecule has 1 aliphatic rings. The van der Waals surface area contributed by atoms with Crippen LogP contribution in [0.2, 0.25) is 0 Å². The highest BCUT2D eigenvalue weighted by Gasteiger charge is 2.43. The van der Waals surface area contributed by atoms with Gasteiger partial charge in [-0.1, -0.05) is 5.92 Å². The molecule has 1 fully saturated rings. The van der Waals surface area contributed by atoms with Gasteiger partial charge in [-0.15, -0.1) is 6.42 Å². The largest absolute Gasteiger partial charge is 0.394 e. The first-order valence-corrected chi connectivity index (χ1v) is 4.11. The molecule has 0 bridgehead atoms. The second kappa shape index (κ2) is 3.64. The van der Waals surface area contributed by atoms with Crippen molar-refractivity contribution in [3.8, 4) is 12.3 Å². The Morgan fingerprint density at radius 1 is 1.54 bits per heavy atom. The summed E-state index contributed by atoms with van der Waals surface area (Å²) in [5.41, 5.74) is 0. The predicted octanol–water partition coefficient (Wildman–Crippen LogP) is -0.507. The maximum atomic E-state index is 9.34. The zero-order valence-electron chi connectivity index (χ0n) is 7.73. The average molecular weight is 186 g/mol. The molecular weight excluding hydrogens is 172 g/mol. The van der Waals surface area contributed by atoms with E-state index in [4.69, 9.17) is 21.0 Å². The lowest BCUT2D eigenvalue weighted by atomic mass is 10.1. The fourth-order valence-corrected chi connectivity index (χ4v) is 1.30. The van der Waals surface area contributed by atoms with Crippen molar-refractivity contribution >= 4 is 0 Å². The van der Waals surface area contributed by atoms with E-state index in [1.807, 2.05) is 0 Å². The first kappa shape index (κ1) is 10.5. The monoisotopic (exact) mass is 186 g/mol. The van der Waals surface area contributed by atoms with Crippen LogP contribution in [0.25, 0.3) is 0 Å². The summed E-state index contributed by atoms with van der Waals surface area (Å²) in [6.07, 6.45) is 2.94. The van der Waals surface area contributed by atoms with Crippen LogP contribution in [0.3, 0.4) is 0 Å². The lowest BCUT2D eigenvalue weighted by molar-refractivity contribution is -0.155. The number of aliphatic hydroxyl groups excluding tert-OH is 2. The molecule has 13 heavy (non-hydrogen) atoms. The second-order valence-electron chi connectivity index (χ2n) is 3.44. The van der Waals surface area contributed by atoms with Crippen LogP contribution in [0.5, 0.6) is 0 Å². The van der Waals surface area contributed by atoms with Gasteiger partial charge in [-0.2, -0.15) is 0 Å². The van der Waals surface area contributed by atoms with Gasteiger partial charge in [0.05, 0.1) is 6.61 Å². The summed E-state index contributed by atoms with van der Waals surface area (Å²) in [6, 6.07) is 0. The quantitative estimate of drug-likeness (QED) is 0.570. The van der Waals surface area contributed by atoms with Crippen LogP contribution < -0.4 is 0 Å². The maximum Gasteiger partial charge on any atom is 0.165 e. The fourth-order valence-electron chi connectivity index (χ4n) is 1.30. The van der Waals surface area contributed by atoms with Crippen LogP contribution in [0.4, 0.5) is 0 Å². The highest BCUT2D eigenvalue weighted by Crippen LogP contribution is 2.29. The zero-order chi connectivity index (χ0) is 10.1. The molecular formula is C9H14O4. The molecule has 74 valence electrons. The summed E-state index contributed by atoms with van der Waals surface area (Å²) < 4.78 is 10.6.